The Morgan fingerprint density at radius 1 is 1.13 bits per heavy atom. The van der Waals surface area contributed by atoms with Gasteiger partial charge in [0.2, 0.25) is 0 Å². The lowest BCUT2D eigenvalue weighted by molar-refractivity contribution is 0.222. The minimum atomic E-state index is 0.129. The molecule has 1 heterocycles. The lowest BCUT2D eigenvalue weighted by Gasteiger charge is -2.12. The predicted octanol–water partition coefficient (Wildman–Crippen LogP) is 3.17. The van der Waals surface area contributed by atoms with E-state index in [9.17, 15) is 0 Å². The van der Waals surface area contributed by atoms with Gasteiger partial charge in [-0.2, -0.15) is 0 Å². The molecule has 0 bridgehead atoms. The number of aromatic nitrogens is 2. The molecule has 0 aliphatic carbocycles. The zero-order valence-electron chi connectivity index (χ0n) is 10.0. The minimum absolute atomic E-state index is 0.129. The van der Waals surface area contributed by atoms with E-state index in [-0.39, 0.29) is 6.10 Å². The summed E-state index contributed by atoms with van der Waals surface area (Å²) in [6.45, 7) is 8.32. The molecule has 0 spiro atoms. The second-order valence-corrected chi connectivity index (χ2v) is 3.98. The summed E-state index contributed by atoms with van der Waals surface area (Å²) < 4.78 is 5.39. The van der Waals surface area contributed by atoms with Gasteiger partial charge in [-0.25, -0.2) is 9.97 Å². The first-order valence-electron chi connectivity index (χ1n) is 5.65. The Morgan fingerprint density at radius 2 is 1.67 bits per heavy atom. The zero-order chi connectivity index (χ0) is 11.3. The van der Waals surface area contributed by atoms with Crippen LogP contribution in [0, 0.1) is 0 Å². The van der Waals surface area contributed by atoms with Gasteiger partial charge in [0.05, 0.1) is 6.10 Å². The lowest BCUT2D eigenvalue weighted by atomic mass is 9.97. The van der Waals surface area contributed by atoms with Crippen LogP contribution in [0.3, 0.4) is 0 Å². The molecule has 3 heteroatoms. The summed E-state index contributed by atoms with van der Waals surface area (Å²) in [7, 11) is 0. The first kappa shape index (κ1) is 12.0. The average Bonchev–Trinajstić information content (AvgIpc) is 2.21. The number of hydrogen-bond acceptors (Lipinski definition) is 3. The van der Waals surface area contributed by atoms with Crippen molar-refractivity contribution in [3.05, 3.63) is 18.0 Å². The third-order valence-electron chi connectivity index (χ3n) is 2.45. The van der Waals surface area contributed by atoms with Gasteiger partial charge >= 0.3 is 6.01 Å². The van der Waals surface area contributed by atoms with Crippen molar-refractivity contribution in [2.24, 2.45) is 0 Å². The van der Waals surface area contributed by atoms with Crippen molar-refractivity contribution in [3.63, 3.8) is 0 Å². The molecule has 0 N–H and O–H groups in total. The average molecular weight is 208 g/mol. The van der Waals surface area contributed by atoms with E-state index in [1.807, 2.05) is 26.2 Å². The largest absolute Gasteiger partial charge is 0.461 e. The van der Waals surface area contributed by atoms with Gasteiger partial charge in [-0.05, 0) is 38.2 Å². The van der Waals surface area contributed by atoms with Gasteiger partial charge in [-0.15, -0.1) is 0 Å². The fourth-order valence-corrected chi connectivity index (χ4v) is 1.57. The van der Waals surface area contributed by atoms with Gasteiger partial charge in [-0.3, -0.25) is 0 Å². The van der Waals surface area contributed by atoms with Crippen LogP contribution in [0.25, 0.3) is 0 Å². The normalized spacial score (nSPS) is 11.1. The topological polar surface area (TPSA) is 35.0 Å². The summed E-state index contributed by atoms with van der Waals surface area (Å²) in [5.74, 6) is 0.568. The number of ether oxygens (including phenoxy) is 1. The molecule has 0 saturated carbocycles. The summed E-state index contributed by atoms with van der Waals surface area (Å²) >= 11 is 0. The zero-order valence-corrected chi connectivity index (χ0v) is 10.0. The van der Waals surface area contributed by atoms with E-state index < -0.39 is 0 Å². The third kappa shape index (κ3) is 3.50. The first-order valence-corrected chi connectivity index (χ1v) is 5.65. The maximum Gasteiger partial charge on any atom is 0.316 e. The van der Waals surface area contributed by atoms with Crippen molar-refractivity contribution in [2.45, 2.75) is 52.6 Å². The monoisotopic (exact) mass is 208 g/mol. The van der Waals surface area contributed by atoms with Crippen LogP contribution in [-0.4, -0.2) is 16.1 Å². The van der Waals surface area contributed by atoms with Crippen molar-refractivity contribution in [1.82, 2.24) is 9.97 Å². The molecule has 1 rings (SSSR count). The molecule has 15 heavy (non-hydrogen) atoms. The van der Waals surface area contributed by atoms with E-state index in [2.05, 4.69) is 23.8 Å². The van der Waals surface area contributed by atoms with E-state index in [1.165, 1.54) is 5.56 Å². The molecule has 1 aromatic heterocycles. The molecule has 84 valence electrons. The second-order valence-electron chi connectivity index (χ2n) is 3.98. The van der Waals surface area contributed by atoms with Crippen molar-refractivity contribution in [1.29, 1.82) is 0 Å². The highest BCUT2D eigenvalue weighted by Crippen LogP contribution is 2.21. The van der Waals surface area contributed by atoms with Crippen LogP contribution in [0.15, 0.2) is 12.4 Å². The fraction of sp³-hybridized carbons (Fsp3) is 0.667. The molecule has 0 atom stereocenters. The quantitative estimate of drug-likeness (QED) is 0.745. The van der Waals surface area contributed by atoms with Crippen LogP contribution >= 0.6 is 0 Å². The first-order chi connectivity index (χ1) is 7.17. The Bertz CT molecular complexity index is 278. The van der Waals surface area contributed by atoms with Crippen LogP contribution in [-0.2, 0) is 0 Å². The number of hydrogen-bond donors (Lipinski definition) is 0. The van der Waals surface area contributed by atoms with Crippen molar-refractivity contribution in [2.75, 3.05) is 0 Å². The predicted molar refractivity (Wildman–Crippen MR) is 61.1 cm³/mol. The molecule has 0 aromatic carbocycles. The molecule has 0 saturated heterocycles. The summed E-state index contributed by atoms with van der Waals surface area (Å²) in [5.41, 5.74) is 1.20. The van der Waals surface area contributed by atoms with Gasteiger partial charge in [0.1, 0.15) is 0 Å². The maximum atomic E-state index is 5.39. The highest BCUT2D eigenvalue weighted by Gasteiger charge is 2.08. The van der Waals surface area contributed by atoms with E-state index >= 15 is 0 Å². The fourth-order valence-electron chi connectivity index (χ4n) is 1.57. The van der Waals surface area contributed by atoms with Crippen LogP contribution in [0.5, 0.6) is 6.01 Å². The minimum Gasteiger partial charge on any atom is -0.461 e. The highest BCUT2D eigenvalue weighted by atomic mass is 16.5. The standard InChI is InChI=1S/C12H20N2O/c1-5-10(6-2)11-7-13-12(14-8-11)15-9(3)4/h7-10H,5-6H2,1-4H3. The molecule has 0 aliphatic rings. The number of nitrogens with zero attached hydrogens (tertiary/aromatic N) is 2. The van der Waals surface area contributed by atoms with E-state index in [1.54, 1.807) is 0 Å². The molecule has 0 aliphatic heterocycles. The number of rotatable bonds is 5. The molecule has 0 radical (unpaired) electrons. The van der Waals surface area contributed by atoms with E-state index in [4.69, 9.17) is 4.74 Å². The van der Waals surface area contributed by atoms with Gasteiger partial charge in [0.25, 0.3) is 0 Å². The maximum absolute atomic E-state index is 5.39. The molecule has 0 unspecified atom stereocenters. The molecule has 3 nitrogen and oxygen atoms in total. The van der Waals surface area contributed by atoms with Gasteiger partial charge in [0.15, 0.2) is 0 Å². The molecular weight excluding hydrogens is 188 g/mol. The molecule has 0 amide bonds. The Labute approximate surface area is 91.9 Å². The van der Waals surface area contributed by atoms with Crippen LogP contribution in [0.2, 0.25) is 0 Å². The van der Waals surface area contributed by atoms with E-state index in [0.29, 0.717) is 11.9 Å². The summed E-state index contributed by atoms with van der Waals surface area (Å²) in [6.07, 6.45) is 6.14. The lowest BCUT2D eigenvalue weighted by Crippen LogP contribution is -2.09. The van der Waals surface area contributed by atoms with Crippen LogP contribution in [0.1, 0.15) is 52.0 Å². The Hall–Kier alpha value is -1.12. The van der Waals surface area contributed by atoms with Gasteiger partial charge in [0, 0.05) is 12.4 Å². The Morgan fingerprint density at radius 3 is 2.07 bits per heavy atom. The van der Waals surface area contributed by atoms with Gasteiger partial charge in [-0.1, -0.05) is 13.8 Å². The summed E-state index contributed by atoms with van der Waals surface area (Å²) in [4.78, 5) is 8.40. The van der Waals surface area contributed by atoms with Crippen LogP contribution < -0.4 is 4.74 Å². The highest BCUT2D eigenvalue weighted by molar-refractivity contribution is 5.12. The summed E-state index contributed by atoms with van der Waals surface area (Å²) in [5, 5.41) is 0. The molecule has 0 fully saturated rings. The Kier molecular flexibility index (Phi) is 4.53. The van der Waals surface area contributed by atoms with Crippen molar-refractivity contribution >= 4 is 0 Å². The summed E-state index contributed by atoms with van der Waals surface area (Å²) in [6, 6.07) is 0.472. The SMILES string of the molecule is CCC(CC)c1cnc(OC(C)C)nc1. The van der Waals surface area contributed by atoms with Crippen molar-refractivity contribution in [3.8, 4) is 6.01 Å². The second kappa shape index (κ2) is 5.69. The Balaban J connectivity index is 2.71. The van der Waals surface area contributed by atoms with E-state index in [0.717, 1.165) is 12.8 Å². The smallest absolute Gasteiger partial charge is 0.316 e. The molecule has 1 aromatic rings. The van der Waals surface area contributed by atoms with Crippen LogP contribution in [0.4, 0.5) is 0 Å². The van der Waals surface area contributed by atoms with Crippen molar-refractivity contribution < 1.29 is 4.74 Å². The van der Waals surface area contributed by atoms with Gasteiger partial charge < -0.3 is 4.74 Å². The third-order valence-corrected chi connectivity index (χ3v) is 2.45. The molecular formula is C12H20N2O.